The topological polar surface area (TPSA) is 219 Å². The number of aliphatic hydroxyl groups excluding tert-OH is 1. The Hall–Kier alpha value is -2.40. The van der Waals surface area contributed by atoms with Crippen LogP contribution >= 0.6 is 0 Å². The van der Waals surface area contributed by atoms with Gasteiger partial charge in [0.25, 0.3) is 0 Å². The van der Waals surface area contributed by atoms with E-state index >= 15 is 0 Å². The molecule has 4 aliphatic carbocycles. The average Bonchev–Trinajstić information content (AvgIpc) is 3.40. The maximum absolute atomic E-state index is 13.9. The third kappa shape index (κ3) is 5.60. The van der Waals surface area contributed by atoms with Crippen LogP contribution in [0.4, 0.5) is 0 Å². The monoisotopic (exact) mass is 793 g/mol. The van der Waals surface area contributed by atoms with Crippen molar-refractivity contribution in [2.75, 3.05) is 13.1 Å². The molecule has 3 heterocycles. The predicted octanol–water partition coefficient (Wildman–Crippen LogP) is 1.61. The highest BCUT2D eigenvalue weighted by Crippen LogP contribution is 2.78. The Morgan fingerprint density at radius 3 is 2.14 bits per heavy atom. The summed E-state index contributed by atoms with van der Waals surface area (Å²) < 4.78 is 31.3. The SMILES string of the molecule is CC[C@@H](C)C(=O)O[C@H]1[C@H](O)[C@H]2[C@@H](CN3C[C@@H](C)CC[C@H]3[C@@]2(C)O)[C@@H]2C[C@]34OC5(O)[C@@H](OC(=O)[C@@](C)(O)CC)CC[C@@]3(C)[C@H]5[C@@H](OC(C)=O)[C@@H](OC(C)=O)[C@H]4[C@@]21O. The number of esters is 4. The van der Waals surface area contributed by atoms with E-state index in [-0.39, 0.29) is 31.7 Å². The number of carbonyl (C=O) groups excluding carboxylic acids is 4. The van der Waals surface area contributed by atoms with E-state index in [0.717, 1.165) is 6.42 Å². The Labute approximate surface area is 328 Å². The predicted molar refractivity (Wildman–Crippen MR) is 195 cm³/mol. The summed E-state index contributed by atoms with van der Waals surface area (Å²) in [6.07, 6.45) is -5.31. The summed E-state index contributed by atoms with van der Waals surface area (Å²) in [5.74, 6) is -10.8. The summed E-state index contributed by atoms with van der Waals surface area (Å²) in [7, 11) is 0. The molecule has 7 aliphatic rings. The van der Waals surface area contributed by atoms with Gasteiger partial charge in [-0.2, -0.15) is 0 Å². The van der Waals surface area contributed by atoms with Gasteiger partial charge in [-0.05, 0) is 76.5 Å². The van der Waals surface area contributed by atoms with Gasteiger partial charge in [0.1, 0.15) is 17.8 Å². The minimum atomic E-state index is -2.38. The van der Waals surface area contributed by atoms with Crippen molar-refractivity contribution in [2.24, 2.45) is 46.8 Å². The van der Waals surface area contributed by atoms with Crippen LogP contribution in [-0.2, 0) is 42.9 Å². The number of ether oxygens (including phenoxy) is 5. The third-order valence-electron chi connectivity index (χ3n) is 16.0. The zero-order valence-corrected chi connectivity index (χ0v) is 34.2. The Morgan fingerprint density at radius 2 is 1.55 bits per heavy atom. The largest absolute Gasteiger partial charge is 0.458 e. The average molecular weight is 794 g/mol. The van der Waals surface area contributed by atoms with E-state index in [1.54, 1.807) is 20.8 Å². The van der Waals surface area contributed by atoms with Crippen molar-refractivity contribution in [3.05, 3.63) is 0 Å². The number of rotatable bonds is 8. The van der Waals surface area contributed by atoms with Gasteiger partial charge in [0.2, 0.25) is 5.79 Å². The van der Waals surface area contributed by atoms with E-state index < -0.39 is 124 Å². The molecule has 0 aromatic carbocycles. The zero-order valence-electron chi connectivity index (χ0n) is 34.2. The van der Waals surface area contributed by atoms with Gasteiger partial charge in [0.05, 0.1) is 35.1 Å². The normalized spacial score (nSPS) is 50.5. The van der Waals surface area contributed by atoms with E-state index in [2.05, 4.69) is 11.8 Å². The van der Waals surface area contributed by atoms with E-state index in [1.165, 1.54) is 20.8 Å². The minimum absolute atomic E-state index is 0.0107. The van der Waals surface area contributed by atoms with Gasteiger partial charge >= 0.3 is 23.9 Å². The molecule has 15 nitrogen and oxygen atoms in total. The smallest absolute Gasteiger partial charge is 0.338 e. The molecule has 7 rings (SSSR count). The maximum atomic E-state index is 13.9. The first-order valence-corrected chi connectivity index (χ1v) is 20.7. The van der Waals surface area contributed by atoms with E-state index in [4.69, 9.17) is 23.7 Å². The van der Waals surface area contributed by atoms with E-state index in [0.29, 0.717) is 31.8 Å². The Morgan fingerprint density at radius 1 is 0.929 bits per heavy atom. The first-order valence-electron chi connectivity index (χ1n) is 20.7. The zero-order chi connectivity index (χ0) is 41.3. The Kier molecular flexibility index (Phi) is 10.1. The van der Waals surface area contributed by atoms with Crippen LogP contribution in [0.25, 0.3) is 0 Å². The highest BCUT2D eigenvalue weighted by atomic mass is 16.7. The molecule has 7 fully saturated rings. The molecule has 56 heavy (non-hydrogen) atoms. The summed E-state index contributed by atoms with van der Waals surface area (Å²) in [5, 5.41) is 62.9. The lowest BCUT2D eigenvalue weighted by molar-refractivity contribution is -0.301. The number of nitrogens with zero attached hydrogens (tertiary/aromatic N) is 1. The van der Waals surface area contributed by atoms with Crippen molar-refractivity contribution in [3.63, 3.8) is 0 Å². The van der Waals surface area contributed by atoms with Gasteiger partial charge in [-0.15, -0.1) is 0 Å². The van der Waals surface area contributed by atoms with Crippen molar-refractivity contribution < 1.29 is 68.4 Å². The lowest BCUT2D eigenvalue weighted by atomic mass is 9.48. The molecule has 15 heteroatoms. The van der Waals surface area contributed by atoms with Gasteiger partial charge in [-0.3, -0.25) is 19.3 Å². The third-order valence-corrected chi connectivity index (χ3v) is 16.0. The molecular weight excluding hydrogens is 730 g/mol. The molecule has 3 saturated heterocycles. The van der Waals surface area contributed by atoms with E-state index in [1.807, 2.05) is 13.8 Å². The maximum Gasteiger partial charge on any atom is 0.338 e. The molecular formula is C41H63NO14. The molecule has 1 unspecified atom stereocenters. The lowest BCUT2D eigenvalue weighted by Crippen LogP contribution is -2.78. The molecule has 19 atom stereocenters. The fourth-order valence-corrected chi connectivity index (χ4v) is 13.1. The van der Waals surface area contributed by atoms with Crippen LogP contribution in [0.15, 0.2) is 0 Å². The number of piperidine rings is 2. The minimum Gasteiger partial charge on any atom is -0.458 e. The van der Waals surface area contributed by atoms with Crippen LogP contribution in [-0.4, -0.2) is 132 Å². The van der Waals surface area contributed by atoms with Gasteiger partial charge in [-0.25, -0.2) is 4.79 Å². The fourth-order valence-electron chi connectivity index (χ4n) is 13.1. The molecule has 4 saturated carbocycles. The molecule has 316 valence electrons. The molecule has 0 amide bonds. The highest BCUT2D eigenvalue weighted by molar-refractivity contribution is 5.79. The summed E-state index contributed by atoms with van der Waals surface area (Å²) in [6, 6.07) is -0.309. The van der Waals surface area contributed by atoms with Crippen LogP contribution in [0.3, 0.4) is 0 Å². The molecule has 4 bridgehead atoms. The molecule has 0 radical (unpaired) electrons. The van der Waals surface area contributed by atoms with Gasteiger partial charge in [0.15, 0.2) is 17.8 Å². The van der Waals surface area contributed by atoms with Crippen LogP contribution in [0.2, 0.25) is 0 Å². The van der Waals surface area contributed by atoms with Gasteiger partial charge < -0.3 is 49.2 Å². The second-order valence-corrected chi connectivity index (χ2v) is 19.2. The first-order chi connectivity index (χ1) is 26.0. The first kappa shape index (κ1) is 41.7. The number of aliphatic hydroxyl groups is 5. The number of carbonyl (C=O) groups is 4. The van der Waals surface area contributed by atoms with Crippen LogP contribution < -0.4 is 0 Å². The number of hydrogen-bond acceptors (Lipinski definition) is 15. The number of fused-ring (bicyclic) bond motifs is 5. The Bertz CT molecular complexity index is 1620. The van der Waals surface area contributed by atoms with Crippen molar-refractivity contribution in [2.45, 2.75) is 172 Å². The summed E-state index contributed by atoms with van der Waals surface area (Å²) >= 11 is 0. The van der Waals surface area contributed by atoms with Crippen LogP contribution in [0.5, 0.6) is 0 Å². The summed E-state index contributed by atoms with van der Waals surface area (Å²) in [4.78, 5) is 55.6. The van der Waals surface area contributed by atoms with Crippen LogP contribution in [0, 0.1) is 46.8 Å². The second-order valence-electron chi connectivity index (χ2n) is 19.2. The molecule has 1 spiro atoms. The Balaban J connectivity index is 1.45. The lowest BCUT2D eigenvalue weighted by Gasteiger charge is -2.64. The van der Waals surface area contributed by atoms with Crippen molar-refractivity contribution >= 4 is 23.9 Å². The van der Waals surface area contributed by atoms with Crippen LogP contribution in [0.1, 0.15) is 107 Å². The molecule has 0 aromatic heterocycles. The fraction of sp³-hybridized carbons (Fsp3) is 0.902. The van der Waals surface area contributed by atoms with Gasteiger partial charge in [0, 0.05) is 44.3 Å². The quantitative estimate of drug-likeness (QED) is 0.174. The second kappa shape index (κ2) is 13.6. The van der Waals surface area contributed by atoms with Gasteiger partial charge in [-0.1, -0.05) is 34.6 Å². The standard InChI is InChI=1S/C41H63NO14/c1-10-20(4)34(46)55-33-28(45)27-23(18-42-17-19(3)12-13-25(42)38(27,9)49)24-16-39-32(40(24,33)50)30(53-22(6)44)29(52-21(5)43)31-36(39,7)15-14-26(41(31,51)56-39)54-35(47)37(8,48)11-2/h19-20,23-33,45,48-51H,10-18H2,1-9H3/t19-,20+,23-,24-,25-,26-,27+,28+,29-,30+,31+,32+,33-,36-,37-,38+,39+,40-,41?/m0/s1. The highest BCUT2D eigenvalue weighted by Gasteiger charge is 2.90. The van der Waals surface area contributed by atoms with Crippen molar-refractivity contribution in [1.82, 2.24) is 4.90 Å². The van der Waals surface area contributed by atoms with Crippen molar-refractivity contribution in [1.29, 1.82) is 0 Å². The summed E-state index contributed by atoms with van der Waals surface area (Å²) in [5.41, 5.74) is -8.37. The van der Waals surface area contributed by atoms with Crippen molar-refractivity contribution in [3.8, 4) is 0 Å². The summed E-state index contributed by atoms with van der Waals surface area (Å²) in [6.45, 7) is 15.5. The molecule has 5 N–H and O–H groups in total. The number of hydrogen-bond donors (Lipinski definition) is 5. The van der Waals surface area contributed by atoms with E-state index in [9.17, 15) is 44.7 Å². The molecule has 3 aliphatic heterocycles. The molecule has 0 aromatic rings.